The molecule has 0 aliphatic carbocycles. The molecule has 2 unspecified atom stereocenters. The number of carbonyl (C=O) groups is 1. The van der Waals surface area contributed by atoms with Crippen LogP contribution in [-0.4, -0.2) is 49.6 Å². The van der Waals surface area contributed by atoms with Crippen LogP contribution in [0.1, 0.15) is 27.7 Å². The van der Waals surface area contributed by atoms with Crippen molar-refractivity contribution in [3.05, 3.63) is 0 Å². The van der Waals surface area contributed by atoms with E-state index in [-0.39, 0.29) is 13.2 Å². The topological polar surface area (TPSA) is 63.2 Å². The second-order valence-corrected chi connectivity index (χ2v) is 5.49. The zero-order chi connectivity index (χ0) is 13.6. The lowest BCUT2D eigenvalue weighted by atomic mass is 9.98. The van der Waals surface area contributed by atoms with Gasteiger partial charge in [-0.1, -0.05) is 0 Å². The molecule has 0 aromatic rings. The van der Waals surface area contributed by atoms with Gasteiger partial charge in [0, 0.05) is 0 Å². The van der Waals surface area contributed by atoms with Crippen LogP contribution in [0.25, 0.3) is 0 Å². The Bertz CT molecular complexity index is 350. The van der Waals surface area contributed by atoms with Gasteiger partial charge in [-0.15, -0.1) is 0 Å². The standard InChI is InChI=1S/C12H20O6/c1-10(2)15-6-8(17-10)12(9(13)14-5)7-16-11(3,4)18-12/h8H,6-7H2,1-5H3. The van der Waals surface area contributed by atoms with Crippen molar-refractivity contribution in [1.29, 1.82) is 0 Å². The highest BCUT2D eigenvalue weighted by Gasteiger charge is 2.60. The fourth-order valence-electron chi connectivity index (χ4n) is 2.26. The van der Waals surface area contributed by atoms with Crippen LogP contribution in [0, 0.1) is 0 Å². The highest BCUT2D eigenvalue weighted by molar-refractivity contribution is 5.81. The third-order valence-corrected chi connectivity index (χ3v) is 3.12. The average Bonchev–Trinajstić information content (AvgIpc) is 2.78. The number of ether oxygens (including phenoxy) is 5. The van der Waals surface area contributed by atoms with E-state index >= 15 is 0 Å². The van der Waals surface area contributed by atoms with Crippen molar-refractivity contribution in [3.8, 4) is 0 Å². The summed E-state index contributed by atoms with van der Waals surface area (Å²) in [4.78, 5) is 12.1. The van der Waals surface area contributed by atoms with Crippen LogP contribution < -0.4 is 0 Å². The van der Waals surface area contributed by atoms with E-state index in [4.69, 9.17) is 23.7 Å². The first-order valence-corrected chi connectivity index (χ1v) is 5.95. The van der Waals surface area contributed by atoms with Crippen molar-refractivity contribution in [2.45, 2.75) is 51.0 Å². The van der Waals surface area contributed by atoms with Gasteiger partial charge in [0.2, 0.25) is 5.60 Å². The Kier molecular flexibility index (Phi) is 3.18. The number of esters is 1. The van der Waals surface area contributed by atoms with Crippen LogP contribution in [-0.2, 0) is 28.5 Å². The summed E-state index contributed by atoms with van der Waals surface area (Å²) in [7, 11) is 1.32. The van der Waals surface area contributed by atoms with Gasteiger partial charge in [0.05, 0.1) is 20.3 Å². The molecular formula is C12H20O6. The molecule has 104 valence electrons. The molecule has 2 heterocycles. The minimum Gasteiger partial charge on any atom is -0.467 e. The van der Waals surface area contributed by atoms with E-state index in [1.54, 1.807) is 27.7 Å². The Balaban J connectivity index is 2.25. The summed E-state index contributed by atoms with van der Waals surface area (Å²) >= 11 is 0. The van der Waals surface area contributed by atoms with Crippen LogP contribution >= 0.6 is 0 Å². The molecule has 2 rings (SSSR count). The summed E-state index contributed by atoms with van der Waals surface area (Å²) in [6.07, 6.45) is -0.540. The number of carbonyl (C=O) groups excluding carboxylic acids is 1. The van der Waals surface area contributed by atoms with E-state index in [1.165, 1.54) is 7.11 Å². The highest BCUT2D eigenvalue weighted by atomic mass is 16.8. The van der Waals surface area contributed by atoms with Crippen molar-refractivity contribution in [2.24, 2.45) is 0 Å². The van der Waals surface area contributed by atoms with Gasteiger partial charge in [-0.2, -0.15) is 0 Å². The molecular weight excluding hydrogens is 240 g/mol. The molecule has 2 saturated heterocycles. The second kappa shape index (κ2) is 4.16. The van der Waals surface area contributed by atoms with E-state index in [0.29, 0.717) is 0 Å². The zero-order valence-corrected chi connectivity index (χ0v) is 11.4. The molecule has 6 nitrogen and oxygen atoms in total. The maximum atomic E-state index is 12.1. The quantitative estimate of drug-likeness (QED) is 0.685. The third kappa shape index (κ3) is 2.25. The largest absolute Gasteiger partial charge is 0.467 e. The van der Waals surface area contributed by atoms with Crippen LogP contribution in [0.2, 0.25) is 0 Å². The summed E-state index contributed by atoms with van der Waals surface area (Å²) in [5, 5.41) is 0. The summed E-state index contributed by atoms with van der Waals surface area (Å²) < 4.78 is 27.3. The normalized spacial score (nSPS) is 37.7. The molecule has 0 saturated carbocycles. The SMILES string of the molecule is COC(=O)C1(C2COC(C)(C)O2)COC(C)(C)O1. The van der Waals surface area contributed by atoms with Crippen LogP contribution in [0.3, 0.4) is 0 Å². The molecule has 0 amide bonds. The van der Waals surface area contributed by atoms with E-state index in [0.717, 1.165) is 0 Å². The molecule has 0 aromatic heterocycles. The molecule has 2 aliphatic rings. The van der Waals surface area contributed by atoms with Crippen LogP contribution in [0.15, 0.2) is 0 Å². The Morgan fingerprint density at radius 3 is 2.22 bits per heavy atom. The molecule has 6 heteroatoms. The molecule has 0 radical (unpaired) electrons. The lowest BCUT2D eigenvalue weighted by molar-refractivity contribution is -0.217. The molecule has 0 N–H and O–H groups in total. The van der Waals surface area contributed by atoms with Crippen molar-refractivity contribution >= 4 is 5.97 Å². The minimum absolute atomic E-state index is 0.0940. The zero-order valence-electron chi connectivity index (χ0n) is 11.4. The van der Waals surface area contributed by atoms with E-state index < -0.39 is 29.2 Å². The smallest absolute Gasteiger partial charge is 0.343 e. The first-order valence-electron chi connectivity index (χ1n) is 5.95. The van der Waals surface area contributed by atoms with Gasteiger partial charge in [-0.05, 0) is 27.7 Å². The van der Waals surface area contributed by atoms with Crippen molar-refractivity contribution in [2.75, 3.05) is 20.3 Å². The molecule has 18 heavy (non-hydrogen) atoms. The average molecular weight is 260 g/mol. The summed E-state index contributed by atoms with van der Waals surface area (Å²) in [6.45, 7) is 7.44. The Morgan fingerprint density at radius 2 is 1.83 bits per heavy atom. The predicted octanol–water partition coefficient (Wildman–Crippen LogP) is 0.833. The van der Waals surface area contributed by atoms with Crippen LogP contribution in [0.5, 0.6) is 0 Å². The van der Waals surface area contributed by atoms with Gasteiger partial charge < -0.3 is 23.7 Å². The molecule has 2 atom stereocenters. The summed E-state index contributed by atoms with van der Waals surface area (Å²) in [5.41, 5.74) is -1.26. The maximum absolute atomic E-state index is 12.1. The first kappa shape index (κ1) is 13.7. The molecule has 0 bridgehead atoms. The monoisotopic (exact) mass is 260 g/mol. The number of methoxy groups -OCH3 is 1. The van der Waals surface area contributed by atoms with E-state index in [9.17, 15) is 4.79 Å². The van der Waals surface area contributed by atoms with E-state index in [2.05, 4.69) is 0 Å². The molecule has 2 fully saturated rings. The van der Waals surface area contributed by atoms with Gasteiger partial charge in [0.15, 0.2) is 11.6 Å². The number of hydrogen-bond donors (Lipinski definition) is 0. The van der Waals surface area contributed by atoms with Gasteiger partial charge in [0.25, 0.3) is 0 Å². The lowest BCUT2D eigenvalue weighted by Gasteiger charge is -2.31. The first-order chi connectivity index (χ1) is 8.21. The van der Waals surface area contributed by atoms with Crippen molar-refractivity contribution < 1.29 is 28.5 Å². The summed E-state index contributed by atoms with van der Waals surface area (Å²) in [6, 6.07) is 0. The summed E-state index contributed by atoms with van der Waals surface area (Å²) in [5.74, 6) is -2.08. The minimum atomic E-state index is -1.26. The van der Waals surface area contributed by atoms with Gasteiger partial charge >= 0.3 is 5.97 Å². The fraction of sp³-hybridized carbons (Fsp3) is 0.917. The molecule has 0 spiro atoms. The van der Waals surface area contributed by atoms with Gasteiger partial charge in [-0.3, -0.25) is 0 Å². The Hall–Kier alpha value is -0.690. The highest BCUT2D eigenvalue weighted by Crippen LogP contribution is 2.40. The fourth-order valence-corrected chi connectivity index (χ4v) is 2.26. The Labute approximate surface area is 106 Å². The lowest BCUT2D eigenvalue weighted by Crippen LogP contribution is -2.54. The van der Waals surface area contributed by atoms with Gasteiger partial charge in [0.1, 0.15) is 6.10 Å². The van der Waals surface area contributed by atoms with Gasteiger partial charge in [-0.25, -0.2) is 4.79 Å². The number of hydrogen-bond acceptors (Lipinski definition) is 6. The second-order valence-electron chi connectivity index (χ2n) is 5.49. The molecule has 0 aromatic carbocycles. The van der Waals surface area contributed by atoms with Crippen molar-refractivity contribution in [1.82, 2.24) is 0 Å². The van der Waals surface area contributed by atoms with Crippen LogP contribution in [0.4, 0.5) is 0 Å². The number of rotatable bonds is 2. The predicted molar refractivity (Wildman–Crippen MR) is 60.8 cm³/mol. The Morgan fingerprint density at radius 1 is 1.17 bits per heavy atom. The van der Waals surface area contributed by atoms with E-state index in [1.807, 2.05) is 0 Å². The molecule has 2 aliphatic heterocycles. The third-order valence-electron chi connectivity index (χ3n) is 3.12. The van der Waals surface area contributed by atoms with Crippen molar-refractivity contribution in [3.63, 3.8) is 0 Å². The maximum Gasteiger partial charge on any atom is 0.343 e.